The topological polar surface area (TPSA) is 81.8 Å². The standard InChI is InChI=1S/C13H21O4P.C8H19N/c1-5-13(3,4)11-7-9-12(10-8-11)17-18(14,15)16-6-2;1-2-3-4-5-6-7-8-9/h7-10H,5-6H2,1-4H3,(H,14,15);2-9H2,1H3. The molecule has 1 atom stereocenters. The van der Waals surface area contributed by atoms with Gasteiger partial charge in [0.15, 0.2) is 0 Å². The van der Waals surface area contributed by atoms with Crippen molar-refractivity contribution in [3.63, 3.8) is 0 Å². The fraction of sp³-hybridized carbons (Fsp3) is 0.714. The van der Waals surface area contributed by atoms with Crippen molar-refractivity contribution in [1.29, 1.82) is 0 Å². The number of benzene rings is 1. The van der Waals surface area contributed by atoms with Gasteiger partial charge in [0.2, 0.25) is 0 Å². The first-order chi connectivity index (χ1) is 12.7. The number of hydrogen-bond acceptors (Lipinski definition) is 4. The predicted molar refractivity (Wildman–Crippen MR) is 114 cm³/mol. The van der Waals surface area contributed by atoms with Gasteiger partial charge in [-0.25, -0.2) is 4.57 Å². The number of unbranched alkanes of at least 4 members (excludes halogenated alkanes) is 5. The van der Waals surface area contributed by atoms with E-state index in [4.69, 9.17) is 10.3 Å². The molecule has 0 fully saturated rings. The Labute approximate surface area is 166 Å². The van der Waals surface area contributed by atoms with Crippen LogP contribution >= 0.6 is 7.82 Å². The predicted octanol–water partition coefficient (Wildman–Crippen LogP) is 6.20. The van der Waals surface area contributed by atoms with Crippen LogP contribution in [0, 0.1) is 0 Å². The molecule has 0 aromatic heterocycles. The molecule has 0 aliphatic carbocycles. The molecular weight excluding hydrogens is 361 g/mol. The molecular formula is C21H40NO4P. The van der Waals surface area contributed by atoms with Gasteiger partial charge in [-0.2, -0.15) is 0 Å². The summed E-state index contributed by atoms with van der Waals surface area (Å²) in [6.45, 7) is 11.3. The van der Waals surface area contributed by atoms with Gasteiger partial charge in [-0.05, 0) is 49.4 Å². The Morgan fingerprint density at radius 3 is 2.04 bits per heavy atom. The molecule has 1 unspecified atom stereocenters. The molecule has 3 N–H and O–H groups in total. The van der Waals surface area contributed by atoms with Crippen LogP contribution in [0.15, 0.2) is 24.3 Å². The first kappa shape index (κ1) is 26.1. The van der Waals surface area contributed by atoms with E-state index in [2.05, 4.69) is 32.2 Å². The maximum absolute atomic E-state index is 11.4. The van der Waals surface area contributed by atoms with Gasteiger partial charge in [0, 0.05) is 0 Å². The monoisotopic (exact) mass is 401 g/mol. The molecule has 6 heteroatoms. The average Bonchev–Trinajstić information content (AvgIpc) is 2.62. The zero-order chi connectivity index (χ0) is 20.8. The normalized spacial score (nSPS) is 13.4. The molecule has 0 heterocycles. The van der Waals surface area contributed by atoms with E-state index in [1.807, 2.05) is 12.1 Å². The minimum Gasteiger partial charge on any atom is -0.404 e. The van der Waals surface area contributed by atoms with Crippen LogP contribution in [-0.4, -0.2) is 18.0 Å². The van der Waals surface area contributed by atoms with Crippen molar-refractivity contribution >= 4 is 7.82 Å². The SMILES string of the molecule is CCCCCCCCN.CCOP(=O)(O)Oc1ccc(C(C)(C)CC)cc1. The Kier molecular flexibility index (Phi) is 13.7. The molecule has 158 valence electrons. The first-order valence-corrected chi connectivity index (χ1v) is 11.7. The summed E-state index contributed by atoms with van der Waals surface area (Å²) in [6, 6.07) is 7.19. The summed E-state index contributed by atoms with van der Waals surface area (Å²) in [5, 5.41) is 0. The third-order valence-corrected chi connectivity index (χ3v) is 5.62. The molecule has 0 amide bonds. The van der Waals surface area contributed by atoms with E-state index in [-0.39, 0.29) is 12.0 Å². The third kappa shape index (κ3) is 12.2. The molecule has 0 radical (unpaired) electrons. The maximum atomic E-state index is 11.4. The Morgan fingerprint density at radius 2 is 1.56 bits per heavy atom. The summed E-state index contributed by atoms with van der Waals surface area (Å²) in [5.74, 6) is 0.338. The molecule has 0 bridgehead atoms. The van der Waals surface area contributed by atoms with Crippen molar-refractivity contribution in [2.75, 3.05) is 13.2 Å². The first-order valence-electron chi connectivity index (χ1n) is 10.2. The van der Waals surface area contributed by atoms with Gasteiger partial charge in [0.25, 0.3) is 0 Å². The van der Waals surface area contributed by atoms with Crippen LogP contribution in [0.5, 0.6) is 5.75 Å². The molecule has 1 aromatic rings. The highest BCUT2D eigenvalue weighted by Crippen LogP contribution is 2.43. The van der Waals surface area contributed by atoms with Crippen molar-refractivity contribution in [3.05, 3.63) is 29.8 Å². The zero-order valence-corrected chi connectivity index (χ0v) is 18.8. The van der Waals surface area contributed by atoms with E-state index >= 15 is 0 Å². The van der Waals surface area contributed by atoms with Crippen molar-refractivity contribution in [2.45, 2.75) is 85.0 Å². The summed E-state index contributed by atoms with van der Waals surface area (Å²) >= 11 is 0. The van der Waals surface area contributed by atoms with E-state index < -0.39 is 7.82 Å². The highest BCUT2D eigenvalue weighted by molar-refractivity contribution is 7.47. The summed E-state index contributed by atoms with van der Waals surface area (Å²) in [4.78, 5) is 9.35. The molecule has 0 aliphatic heterocycles. The molecule has 0 saturated heterocycles. The highest BCUT2D eigenvalue weighted by atomic mass is 31.2. The van der Waals surface area contributed by atoms with Crippen molar-refractivity contribution < 1.29 is 18.5 Å². The Balaban J connectivity index is 0.000000636. The summed E-state index contributed by atoms with van der Waals surface area (Å²) in [5.41, 5.74) is 6.60. The van der Waals surface area contributed by atoms with Crippen LogP contribution < -0.4 is 10.3 Å². The van der Waals surface area contributed by atoms with Crippen LogP contribution in [0.3, 0.4) is 0 Å². The fourth-order valence-corrected chi connectivity index (χ4v) is 3.19. The zero-order valence-electron chi connectivity index (χ0n) is 17.9. The maximum Gasteiger partial charge on any atom is 0.527 e. The summed E-state index contributed by atoms with van der Waals surface area (Å²) < 4.78 is 21.0. The second-order valence-electron chi connectivity index (χ2n) is 7.30. The van der Waals surface area contributed by atoms with Gasteiger partial charge in [-0.15, -0.1) is 0 Å². The molecule has 1 rings (SSSR count). The minimum atomic E-state index is -3.98. The number of nitrogens with two attached hydrogens (primary N) is 1. The quantitative estimate of drug-likeness (QED) is 0.322. The van der Waals surface area contributed by atoms with Crippen molar-refractivity contribution in [1.82, 2.24) is 0 Å². The summed E-state index contributed by atoms with van der Waals surface area (Å²) in [7, 11) is -3.98. The lowest BCUT2D eigenvalue weighted by Gasteiger charge is -2.23. The Bertz CT molecular complexity index is 525. The Hall–Kier alpha value is -0.870. The van der Waals surface area contributed by atoms with Crippen molar-refractivity contribution in [3.8, 4) is 5.75 Å². The number of phosphoric ester groups is 1. The Morgan fingerprint density at radius 1 is 1.00 bits per heavy atom. The van der Waals surface area contributed by atoms with Crippen molar-refractivity contribution in [2.24, 2.45) is 5.73 Å². The molecule has 0 spiro atoms. The van der Waals surface area contributed by atoms with E-state index in [9.17, 15) is 9.46 Å². The summed E-state index contributed by atoms with van der Waals surface area (Å²) in [6.07, 6.45) is 9.07. The molecule has 1 aromatic carbocycles. The molecule has 27 heavy (non-hydrogen) atoms. The van der Waals surface area contributed by atoms with Crippen LogP contribution in [0.1, 0.15) is 85.1 Å². The van der Waals surface area contributed by atoms with Gasteiger partial charge in [0.1, 0.15) is 5.75 Å². The third-order valence-electron chi connectivity index (χ3n) is 4.59. The molecule has 5 nitrogen and oxygen atoms in total. The van der Waals surface area contributed by atoms with E-state index in [1.54, 1.807) is 19.1 Å². The smallest absolute Gasteiger partial charge is 0.404 e. The average molecular weight is 402 g/mol. The lowest BCUT2D eigenvalue weighted by molar-refractivity contribution is 0.213. The van der Waals surface area contributed by atoms with Gasteiger partial charge in [-0.1, -0.05) is 71.9 Å². The van der Waals surface area contributed by atoms with Gasteiger partial charge >= 0.3 is 7.82 Å². The van der Waals surface area contributed by atoms with E-state index in [0.29, 0.717) is 5.75 Å². The van der Waals surface area contributed by atoms with Crippen LogP contribution in [0.25, 0.3) is 0 Å². The molecule has 0 aliphatic rings. The van der Waals surface area contributed by atoms with E-state index in [0.717, 1.165) is 13.0 Å². The number of rotatable bonds is 12. The van der Waals surface area contributed by atoms with Gasteiger partial charge in [-0.3, -0.25) is 9.42 Å². The van der Waals surface area contributed by atoms with E-state index in [1.165, 1.54) is 44.1 Å². The van der Waals surface area contributed by atoms with Gasteiger partial charge < -0.3 is 10.3 Å². The number of phosphoric acid groups is 1. The lowest BCUT2D eigenvalue weighted by Crippen LogP contribution is -2.14. The fourth-order valence-electron chi connectivity index (χ4n) is 2.42. The number of hydrogen-bond donors (Lipinski definition) is 2. The van der Waals surface area contributed by atoms with Crippen LogP contribution in [0.2, 0.25) is 0 Å². The van der Waals surface area contributed by atoms with Crippen LogP contribution in [-0.2, 0) is 14.5 Å². The van der Waals surface area contributed by atoms with Gasteiger partial charge in [0.05, 0.1) is 6.61 Å². The largest absolute Gasteiger partial charge is 0.527 e. The second kappa shape index (κ2) is 14.2. The second-order valence-corrected chi connectivity index (χ2v) is 8.67. The highest BCUT2D eigenvalue weighted by Gasteiger charge is 2.22. The minimum absolute atomic E-state index is 0.0847. The molecule has 0 saturated carbocycles. The van der Waals surface area contributed by atoms with Crippen LogP contribution in [0.4, 0.5) is 0 Å². The lowest BCUT2D eigenvalue weighted by atomic mass is 9.82.